The fourth-order valence-electron chi connectivity index (χ4n) is 7.08. The monoisotopic (exact) mass is 630 g/mol. The number of fused-ring (bicyclic) bond motifs is 1. The van der Waals surface area contributed by atoms with E-state index >= 15 is 0 Å². The lowest BCUT2D eigenvalue weighted by Crippen LogP contribution is -2.60. The maximum atomic E-state index is 14.9. The summed E-state index contributed by atoms with van der Waals surface area (Å²) in [5.41, 5.74) is 1.35. The lowest BCUT2D eigenvalue weighted by Gasteiger charge is -2.41. The fraction of sp³-hybridized carbons (Fsp3) is 0.594. The second-order valence-electron chi connectivity index (χ2n) is 11.6. The minimum atomic E-state index is -1.24. The molecule has 0 aromatic heterocycles. The molecule has 1 aromatic rings. The van der Waals surface area contributed by atoms with E-state index in [0.717, 1.165) is 16.8 Å². The zero-order valence-corrected chi connectivity index (χ0v) is 26.1. The number of hydrogen-bond acceptors (Lipinski definition) is 6. The van der Waals surface area contributed by atoms with Crippen molar-refractivity contribution in [1.82, 2.24) is 4.90 Å². The van der Waals surface area contributed by atoms with Gasteiger partial charge in [-0.2, -0.15) is 0 Å². The average Bonchev–Trinajstić information content (AvgIpc) is 3.54. The standard InChI is InChI=1S/C32H43BrN2O6/c1-7-10-11-16-40-31(39)24-25-29(37)35(23(18-36)19(4)9-3)28(32(25)17-22(33)27(24)41-32)30(38)34(15-8-2)26-20(5)13-12-14-21(26)6/h7-8,12-14,19,22-25,27-28,36H,1-2,9-11,15-18H2,3-6H3/t19-,22?,23-,24-,25-,27-,28?,32?/m0/s1. The third-order valence-electron chi connectivity index (χ3n) is 9.16. The molecule has 224 valence electrons. The molecule has 0 aliphatic carbocycles. The largest absolute Gasteiger partial charge is 0.465 e. The highest BCUT2D eigenvalue weighted by molar-refractivity contribution is 9.09. The number of carbonyl (C=O) groups is 3. The van der Waals surface area contributed by atoms with E-state index in [1.165, 1.54) is 0 Å². The van der Waals surface area contributed by atoms with E-state index < -0.39 is 41.6 Å². The van der Waals surface area contributed by atoms with Gasteiger partial charge >= 0.3 is 5.97 Å². The summed E-state index contributed by atoms with van der Waals surface area (Å²) in [4.78, 5) is 45.8. The van der Waals surface area contributed by atoms with Crippen LogP contribution in [0.1, 0.15) is 50.7 Å². The Hall–Kier alpha value is -2.49. The minimum absolute atomic E-state index is 0.0937. The molecule has 8 atom stereocenters. The molecule has 9 heteroatoms. The molecule has 4 rings (SSSR count). The van der Waals surface area contributed by atoms with E-state index in [0.29, 0.717) is 25.7 Å². The summed E-state index contributed by atoms with van der Waals surface area (Å²) in [6.45, 7) is 15.6. The number of esters is 1. The molecule has 41 heavy (non-hydrogen) atoms. The number of rotatable bonds is 13. The van der Waals surface area contributed by atoms with Gasteiger partial charge in [-0.05, 0) is 50.2 Å². The second kappa shape index (κ2) is 12.8. The molecule has 1 aromatic carbocycles. The predicted molar refractivity (Wildman–Crippen MR) is 162 cm³/mol. The maximum absolute atomic E-state index is 14.9. The predicted octanol–water partition coefficient (Wildman–Crippen LogP) is 4.49. The van der Waals surface area contributed by atoms with Crippen LogP contribution in [0.5, 0.6) is 0 Å². The summed E-state index contributed by atoms with van der Waals surface area (Å²) in [6.07, 6.45) is 5.26. The third-order valence-corrected chi connectivity index (χ3v) is 10.0. The quantitative estimate of drug-likeness (QED) is 0.149. The first-order chi connectivity index (χ1) is 19.6. The number of nitrogens with zero attached hydrogens (tertiary/aromatic N) is 2. The lowest BCUT2D eigenvalue weighted by atomic mass is 9.70. The second-order valence-corrected chi connectivity index (χ2v) is 12.8. The van der Waals surface area contributed by atoms with Crippen molar-refractivity contribution in [3.8, 4) is 0 Å². The van der Waals surface area contributed by atoms with Crippen LogP contribution in [0, 0.1) is 31.6 Å². The number of aryl methyl sites for hydroxylation is 2. The van der Waals surface area contributed by atoms with Gasteiger partial charge in [0.25, 0.3) is 5.91 Å². The van der Waals surface area contributed by atoms with Crippen LogP contribution in [0.25, 0.3) is 0 Å². The van der Waals surface area contributed by atoms with Crippen LogP contribution in [0.4, 0.5) is 5.69 Å². The Morgan fingerprint density at radius 3 is 2.56 bits per heavy atom. The van der Waals surface area contributed by atoms with E-state index in [-0.39, 0.29) is 42.3 Å². The van der Waals surface area contributed by atoms with Gasteiger partial charge in [0, 0.05) is 17.1 Å². The number of unbranched alkanes of at least 4 members (excludes halogenated alkanes) is 1. The van der Waals surface area contributed by atoms with Crippen LogP contribution in [-0.4, -0.2) is 76.2 Å². The van der Waals surface area contributed by atoms with Crippen molar-refractivity contribution in [2.75, 3.05) is 24.7 Å². The Morgan fingerprint density at radius 1 is 1.29 bits per heavy atom. The number of aliphatic hydroxyl groups excluding tert-OH is 1. The van der Waals surface area contributed by atoms with Gasteiger partial charge in [0.15, 0.2) is 0 Å². The van der Waals surface area contributed by atoms with Crippen LogP contribution >= 0.6 is 15.9 Å². The topological polar surface area (TPSA) is 96.4 Å². The summed E-state index contributed by atoms with van der Waals surface area (Å²) in [5.74, 6) is -2.96. The number of anilines is 1. The number of alkyl halides is 1. The third kappa shape index (κ3) is 5.30. The smallest absolute Gasteiger partial charge is 0.312 e. The van der Waals surface area contributed by atoms with E-state index in [1.54, 1.807) is 22.0 Å². The molecule has 3 saturated heterocycles. The molecule has 2 amide bonds. The number of carbonyl (C=O) groups excluding carboxylic acids is 3. The Kier molecular flexibility index (Phi) is 9.81. The Labute approximate surface area is 251 Å². The van der Waals surface area contributed by atoms with Crippen LogP contribution in [-0.2, 0) is 23.9 Å². The molecule has 1 spiro atoms. The molecule has 0 radical (unpaired) electrons. The number of allylic oxidation sites excluding steroid dienone is 1. The van der Waals surface area contributed by atoms with E-state index in [2.05, 4.69) is 29.1 Å². The SMILES string of the molecule is C=CCCCOC(=O)[C@H]1[C@H]2C(=O)N([C@@H](CO)[C@@H](C)CC)C(C(=O)N(CC=C)c3c(C)cccc3C)C23CC(Br)[C@@H]1O3. The first-order valence-electron chi connectivity index (χ1n) is 14.6. The normalized spacial score (nSPS) is 29.7. The fourth-order valence-corrected chi connectivity index (χ4v) is 8.03. The van der Waals surface area contributed by atoms with E-state index in [9.17, 15) is 19.5 Å². The average molecular weight is 632 g/mol. The highest BCUT2D eigenvalue weighted by Crippen LogP contribution is 2.61. The number of para-hydroxylation sites is 1. The van der Waals surface area contributed by atoms with Gasteiger partial charge in [-0.25, -0.2) is 0 Å². The summed E-state index contributed by atoms with van der Waals surface area (Å²) in [7, 11) is 0. The number of halogens is 1. The molecule has 3 heterocycles. The Morgan fingerprint density at radius 2 is 1.98 bits per heavy atom. The van der Waals surface area contributed by atoms with Crippen LogP contribution in [0.3, 0.4) is 0 Å². The maximum Gasteiger partial charge on any atom is 0.312 e. The molecule has 1 N–H and O–H groups in total. The molecule has 0 saturated carbocycles. The van der Waals surface area contributed by atoms with Gasteiger partial charge < -0.3 is 24.4 Å². The number of amides is 2. The molecule has 3 unspecified atom stereocenters. The van der Waals surface area contributed by atoms with Gasteiger partial charge in [0.2, 0.25) is 5.91 Å². The summed E-state index contributed by atoms with van der Waals surface area (Å²) in [6, 6.07) is 4.19. The van der Waals surface area contributed by atoms with Crippen molar-refractivity contribution in [2.45, 2.75) is 82.0 Å². The zero-order chi connectivity index (χ0) is 30.1. The molecule has 2 bridgehead atoms. The number of likely N-dealkylation sites (tertiary alicyclic amines) is 1. The minimum Gasteiger partial charge on any atom is -0.465 e. The van der Waals surface area contributed by atoms with Crippen molar-refractivity contribution in [2.24, 2.45) is 17.8 Å². The van der Waals surface area contributed by atoms with Gasteiger partial charge in [-0.1, -0.05) is 66.5 Å². The highest BCUT2D eigenvalue weighted by atomic mass is 79.9. The van der Waals surface area contributed by atoms with Crippen molar-refractivity contribution >= 4 is 39.4 Å². The molecule has 3 aliphatic heterocycles. The van der Waals surface area contributed by atoms with Gasteiger partial charge in [0.1, 0.15) is 11.6 Å². The van der Waals surface area contributed by atoms with Crippen LogP contribution in [0.2, 0.25) is 0 Å². The molecular weight excluding hydrogens is 588 g/mol. The van der Waals surface area contributed by atoms with E-state index in [1.807, 2.05) is 45.9 Å². The summed E-state index contributed by atoms with van der Waals surface area (Å²) in [5, 5.41) is 10.6. The Bertz CT molecular complexity index is 1170. The summed E-state index contributed by atoms with van der Waals surface area (Å²) >= 11 is 3.71. The number of aliphatic hydroxyl groups is 1. The number of benzene rings is 1. The first-order valence-corrected chi connectivity index (χ1v) is 15.5. The highest BCUT2D eigenvalue weighted by Gasteiger charge is 2.77. The van der Waals surface area contributed by atoms with Gasteiger partial charge in [-0.3, -0.25) is 14.4 Å². The summed E-state index contributed by atoms with van der Waals surface area (Å²) < 4.78 is 12.3. The lowest BCUT2D eigenvalue weighted by molar-refractivity contribution is -0.156. The van der Waals surface area contributed by atoms with Crippen molar-refractivity contribution in [3.05, 3.63) is 54.6 Å². The van der Waals surface area contributed by atoms with Crippen molar-refractivity contribution < 1.29 is 29.0 Å². The first kappa shape index (κ1) is 31.4. The number of ether oxygens (including phenoxy) is 2. The zero-order valence-electron chi connectivity index (χ0n) is 24.6. The van der Waals surface area contributed by atoms with Gasteiger partial charge in [-0.15, -0.1) is 13.2 Å². The molecule has 3 aliphatic rings. The molecule has 8 nitrogen and oxygen atoms in total. The van der Waals surface area contributed by atoms with E-state index in [4.69, 9.17) is 9.47 Å². The Balaban J connectivity index is 1.83. The van der Waals surface area contributed by atoms with Gasteiger partial charge in [0.05, 0.1) is 37.2 Å². The number of hydrogen-bond donors (Lipinski definition) is 1. The van der Waals surface area contributed by atoms with Crippen LogP contribution < -0.4 is 4.90 Å². The van der Waals surface area contributed by atoms with Crippen molar-refractivity contribution in [1.29, 1.82) is 0 Å². The molecular formula is C32H43BrN2O6. The van der Waals surface area contributed by atoms with Crippen LogP contribution in [0.15, 0.2) is 43.5 Å². The molecule has 3 fully saturated rings. The van der Waals surface area contributed by atoms with Crippen molar-refractivity contribution in [3.63, 3.8) is 0 Å².